The lowest BCUT2D eigenvalue weighted by Crippen LogP contribution is -2.30. The minimum absolute atomic E-state index is 0.0821. The van der Waals surface area contributed by atoms with Crippen LogP contribution in [0, 0.1) is 0 Å². The molecule has 2 N–H and O–H groups in total. The molecule has 0 radical (unpaired) electrons. The van der Waals surface area contributed by atoms with Crippen molar-refractivity contribution in [3.63, 3.8) is 0 Å². The Bertz CT molecular complexity index is 962. The fraction of sp³-hybridized carbons (Fsp3) is 0.333. The maximum absolute atomic E-state index is 11.2. The van der Waals surface area contributed by atoms with E-state index in [4.69, 9.17) is 20.2 Å². The second kappa shape index (κ2) is 6.47. The topological polar surface area (TPSA) is 105 Å². The monoisotopic (exact) mass is 353 g/mol. The number of amides is 1. The molecule has 1 aliphatic rings. The number of hydrogen-bond acceptors (Lipinski definition) is 6. The number of carbonyl (C=O) groups excluding carboxylic acids is 1. The number of primary amides is 1. The molecule has 1 saturated heterocycles. The second-order valence-electron chi connectivity index (χ2n) is 6.30. The number of rotatable bonds is 5. The van der Waals surface area contributed by atoms with Crippen LogP contribution in [0.15, 0.2) is 36.8 Å². The summed E-state index contributed by atoms with van der Waals surface area (Å²) < 4.78 is 13.1. The van der Waals surface area contributed by atoms with E-state index in [2.05, 4.69) is 9.97 Å². The molecule has 8 heteroatoms. The standard InChI is InChI=1S/C18H19N5O3/c1-25-18(5-6-26-10-18)15-3-2-4-17(22-15)23-11-21-13-9-20-12(7-14(13)23)8-16(19)24/h2-4,7,9,11H,5-6,8,10H2,1H3,(H2,19,24). The Morgan fingerprint density at radius 3 is 3.04 bits per heavy atom. The fourth-order valence-corrected chi connectivity index (χ4v) is 3.24. The number of carbonyl (C=O) groups is 1. The zero-order chi connectivity index (χ0) is 18.1. The summed E-state index contributed by atoms with van der Waals surface area (Å²) in [5.41, 5.74) is 7.70. The van der Waals surface area contributed by atoms with Gasteiger partial charge in [-0.25, -0.2) is 9.97 Å². The van der Waals surface area contributed by atoms with Crippen molar-refractivity contribution < 1.29 is 14.3 Å². The number of pyridine rings is 2. The first kappa shape index (κ1) is 16.6. The molecule has 134 valence electrons. The van der Waals surface area contributed by atoms with E-state index in [9.17, 15) is 4.79 Å². The molecule has 3 aromatic heterocycles. The normalized spacial score (nSPS) is 19.9. The summed E-state index contributed by atoms with van der Waals surface area (Å²) in [7, 11) is 1.68. The molecule has 1 unspecified atom stereocenters. The largest absolute Gasteiger partial charge is 0.378 e. The average molecular weight is 353 g/mol. The van der Waals surface area contributed by atoms with Crippen molar-refractivity contribution >= 4 is 16.9 Å². The Labute approximate surface area is 150 Å². The van der Waals surface area contributed by atoms with Gasteiger partial charge in [-0.1, -0.05) is 6.07 Å². The number of aromatic nitrogens is 4. The van der Waals surface area contributed by atoms with E-state index in [0.29, 0.717) is 24.7 Å². The quantitative estimate of drug-likeness (QED) is 0.736. The van der Waals surface area contributed by atoms with E-state index in [1.165, 1.54) is 0 Å². The van der Waals surface area contributed by atoms with Gasteiger partial charge in [-0.05, 0) is 18.2 Å². The summed E-state index contributed by atoms with van der Waals surface area (Å²) in [6.45, 7) is 1.13. The molecule has 4 rings (SSSR count). The van der Waals surface area contributed by atoms with Crippen LogP contribution < -0.4 is 5.73 Å². The zero-order valence-corrected chi connectivity index (χ0v) is 14.4. The van der Waals surface area contributed by atoms with Gasteiger partial charge in [-0.3, -0.25) is 14.3 Å². The van der Waals surface area contributed by atoms with Gasteiger partial charge in [0.05, 0.1) is 36.1 Å². The van der Waals surface area contributed by atoms with E-state index >= 15 is 0 Å². The van der Waals surface area contributed by atoms with Gasteiger partial charge in [0.25, 0.3) is 0 Å². The minimum atomic E-state index is -0.523. The molecule has 1 amide bonds. The lowest BCUT2D eigenvalue weighted by molar-refractivity contribution is -0.117. The van der Waals surface area contributed by atoms with Crippen LogP contribution in [0.25, 0.3) is 16.9 Å². The van der Waals surface area contributed by atoms with Crippen LogP contribution in [0.5, 0.6) is 0 Å². The van der Waals surface area contributed by atoms with Crippen molar-refractivity contribution in [1.82, 2.24) is 19.5 Å². The first-order chi connectivity index (χ1) is 12.6. The predicted octanol–water partition coefficient (Wildman–Crippen LogP) is 1.11. The van der Waals surface area contributed by atoms with E-state index in [0.717, 1.165) is 23.1 Å². The number of ether oxygens (including phenoxy) is 2. The Balaban J connectivity index is 1.78. The third-order valence-electron chi connectivity index (χ3n) is 4.67. The van der Waals surface area contributed by atoms with Crippen LogP contribution >= 0.6 is 0 Å². The number of methoxy groups -OCH3 is 1. The van der Waals surface area contributed by atoms with Crippen molar-refractivity contribution in [3.8, 4) is 5.82 Å². The van der Waals surface area contributed by atoms with Crippen LogP contribution in [0.2, 0.25) is 0 Å². The molecular weight excluding hydrogens is 334 g/mol. The highest BCUT2D eigenvalue weighted by atomic mass is 16.5. The highest BCUT2D eigenvalue weighted by Gasteiger charge is 2.38. The molecule has 1 atom stereocenters. The maximum atomic E-state index is 11.2. The lowest BCUT2D eigenvalue weighted by atomic mass is 9.98. The summed E-state index contributed by atoms with van der Waals surface area (Å²) in [6.07, 6.45) is 4.17. The molecule has 1 fully saturated rings. The molecule has 0 aromatic carbocycles. The van der Waals surface area contributed by atoms with Crippen LogP contribution in [-0.4, -0.2) is 45.7 Å². The van der Waals surface area contributed by atoms with E-state index in [1.54, 1.807) is 19.6 Å². The molecule has 4 heterocycles. The van der Waals surface area contributed by atoms with Crippen molar-refractivity contribution in [2.75, 3.05) is 20.3 Å². The van der Waals surface area contributed by atoms with E-state index < -0.39 is 11.5 Å². The molecule has 0 spiro atoms. The fourth-order valence-electron chi connectivity index (χ4n) is 3.24. The number of nitrogens with two attached hydrogens (primary N) is 1. The van der Waals surface area contributed by atoms with Crippen LogP contribution in [0.1, 0.15) is 17.8 Å². The van der Waals surface area contributed by atoms with Crippen molar-refractivity contribution in [2.24, 2.45) is 5.73 Å². The Morgan fingerprint density at radius 1 is 1.42 bits per heavy atom. The first-order valence-corrected chi connectivity index (χ1v) is 8.32. The lowest BCUT2D eigenvalue weighted by Gasteiger charge is -2.25. The van der Waals surface area contributed by atoms with Gasteiger partial charge in [0.15, 0.2) is 0 Å². The third-order valence-corrected chi connectivity index (χ3v) is 4.67. The molecule has 3 aromatic rings. The van der Waals surface area contributed by atoms with Crippen molar-refractivity contribution in [3.05, 3.63) is 48.2 Å². The van der Waals surface area contributed by atoms with Crippen LogP contribution in [0.3, 0.4) is 0 Å². The second-order valence-corrected chi connectivity index (χ2v) is 6.30. The summed E-state index contributed by atoms with van der Waals surface area (Å²) >= 11 is 0. The zero-order valence-electron chi connectivity index (χ0n) is 14.4. The predicted molar refractivity (Wildman–Crippen MR) is 93.7 cm³/mol. The van der Waals surface area contributed by atoms with E-state index in [-0.39, 0.29) is 6.42 Å². The van der Waals surface area contributed by atoms with Crippen LogP contribution in [-0.2, 0) is 26.3 Å². The summed E-state index contributed by atoms with van der Waals surface area (Å²) in [4.78, 5) is 24.6. The molecule has 0 saturated carbocycles. The molecule has 0 bridgehead atoms. The summed E-state index contributed by atoms with van der Waals surface area (Å²) in [6, 6.07) is 7.60. The molecular formula is C18H19N5O3. The van der Waals surface area contributed by atoms with Crippen molar-refractivity contribution in [1.29, 1.82) is 0 Å². The average Bonchev–Trinajstić information content (AvgIpc) is 3.29. The third kappa shape index (κ3) is 2.83. The van der Waals surface area contributed by atoms with Crippen LogP contribution in [0.4, 0.5) is 0 Å². The smallest absolute Gasteiger partial charge is 0.223 e. The number of imidazole rings is 1. The highest BCUT2D eigenvalue weighted by Crippen LogP contribution is 2.33. The first-order valence-electron chi connectivity index (χ1n) is 8.32. The molecule has 1 aliphatic heterocycles. The molecule has 8 nitrogen and oxygen atoms in total. The summed E-state index contributed by atoms with van der Waals surface area (Å²) in [5, 5.41) is 0. The Kier molecular flexibility index (Phi) is 4.14. The van der Waals surface area contributed by atoms with Crippen molar-refractivity contribution in [2.45, 2.75) is 18.4 Å². The van der Waals surface area contributed by atoms with E-state index in [1.807, 2.05) is 28.8 Å². The Morgan fingerprint density at radius 2 is 2.31 bits per heavy atom. The van der Waals surface area contributed by atoms with Gasteiger partial charge >= 0.3 is 0 Å². The summed E-state index contributed by atoms with van der Waals surface area (Å²) in [5.74, 6) is 0.288. The number of hydrogen-bond donors (Lipinski definition) is 1. The van der Waals surface area contributed by atoms with Gasteiger partial charge in [0.1, 0.15) is 23.3 Å². The Hall–Kier alpha value is -2.84. The minimum Gasteiger partial charge on any atom is -0.378 e. The molecule has 0 aliphatic carbocycles. The highest BCUT2D eigenvalue weighted by molar-refractivity contribution is 5.80. The van der Waals surface area contributed by atoms with Gasteiger partial charge in [0.2, 0.25) is 5.91 Å². The molecule has 26 heavy (non-hydrogen) atoms. The van der Waals surface area contributed by atoms with Gasteiger partial charge in [-0.2, -0.15) is 0 Å². The number of fused-ring (bicyclic) bond motifs is 1. The van der Waals surface area contributed by atoms with Gasteiger partial charge in [0, 0.05) is 20.1 Å². The maximum Gasteiger partial charge on any atom is 0.223 e. The van der Waals surface area contributed by atoms with Gasteiger partial charge < -0.3 is 15.2 Å². The van der Waals surface area contributed by atoms with Gasteiger partial charge in [-0.15, -0.1) is 0 Å². The number of nitrogens with zero attached hydrogens (tertiary/aromatic N) is 4. The SMILES string of the molecule is COC1(c2cccc(-n3cnc4cnc(CC(N)=O)cc43)n2)CCOC1.